The maximum atomic E-state index is 12.2. The predicted molar refractivity (Wildman–Crippen MR) is 96.9 cm³/mol. The summed E-state index contributed by atoms with van der Waals surface area (Å²) in [5, 5.41) is 6.36. The van der Waals surface area contributed by atoms with Crippen molar-refractivity contribution in [3.63, 3.8) is 0 Å². The van der Waals surface area contributed by atoms with E-state index < -0.39 is 17.9 Å². The van der Waals surface area contributed by atoms with Crippen LogP contribution in [0.3, 0.4) is 0 Å². The second-order valence-corrected chi connectivity index (χ2v) is 5.99. The van der Waals surface area contributed by atoms with Gasteiger partial charge in [-0.2, -0.15) is 0 Å². The summed E-state index contributed by atoms with van der Waals surface area (Å²) in [5.74, 6) is -2.34. The number of carbonyl (C=O) groups is 2. The highest BCUT2D eigenvalue weighted by Gasteiger charge is 2.32. The lowest BCUT2D eigenvalue weighted by molar-refractivity contribution is -0.154. The highest BCUT2D eigenvalue weighted by molar-refractivity contribution is 6.24. The molecule has 4 rings (SSSR count). The van der Waals surface area contributed by atoms with Crippen molar-refractivity contribution in [3.05, 3.63) is 60.2 Å². The van der Waals surface area contributed by atoms with Crippen LogP contribution in [0, 0.1) is 0 Å². The summed E-state index contributed by atoms with van der Waals surface area (Å²) in [4.78, 5) is 24.5. The van der Waals surface area contributed by atoms with Gasteiger partial charge in [-0.05, 0) is 37.9 Å². The summed E-state index contributed by atoms with van der Waals surface area (Å²) in [6.45, 7) is 0. The van der Waals surface area contributed by atoms with E-state index in [0.717, 1.165) is 32.3 Å². The van der Waals surface area contributed by atoms with Crippen LogP contribution < -0.4 is 0 Å². The highest BCUT2D eigenvalue weighted by Crippen LogP contribution is 2.38. The Hall–Kier alpha value is -3.14. The Balaban J connectivity index is 2.11. The van der Waals surface area contributed by atoms with Gasteiger partial charge in [0.2, 0.25) is 0 Å². The minimum absolute atomic E-state index is 0.601. The van der Waals surface area contributed by atoms with Gasteiger partial charge in [-0.15, -0.1) is 0 Å². The molecule has 0 unspecified atom stereocenters. The summed E-state index contributed by atoms with van der Waals surface area (Å²) in [6, 6.07) is 18.0. The molecule has 25 heavy (non-hydrogen) atoms. The lowest BCUT2D eigenvalue weighted by Gasteiger charge is -2.18. The van der Waals surface area contributed by atoms with Crippen LogP contribution in [-0.4, -0.2) is 26.2 Å². The standard InChI is InChI=1S/C21H16O4/c1-24-20(22)19(21(23)25-2)16-11-9-14-7-6-12-4-3-5-13-8-10-15(16)18(14)17(12)13/h3-11,19H,1-2H3. The van der Waals surface area contributed by atoms with E-state index in [1.807, 2.05) is 24.3 Å². The average Bonchev–Trinajstić information content (AvgIpc) is 2.66. The molecule has 124 valence electrons. The lowest BCUT2D eigenvalue weighted by Crippen LogP contribution is -2.24. The Morgan fingerprint density at radius 3 is 1.84 bits per heavy atom. The molecular weight excluding hydrogens is 316 g/mol. The third-order valence-electron chi connectivity index (χ3n) is 4.75. The van der Waals surface area contributed by atoms with Gasteiger partial charge in [0.1, 0.15) is 0 Å². The first-order chi connectivity index (χ1) is 12.2. The summed E-state index contributed by atoms with van der Waals surface area (Å²) in [5.41, 5.74) is 0.601. The van der Waals surface area contributed by atoms with Crippen molar-refractivity contribution < 1.29 is 19.1 Å². The van der Waals surface area contributed by atoms with E-state index in [1.54, 1.807) is 6.07 Å². The summed E-state index contributed by atoms with van der Waals surface area (Å²) in [7, 11) is 2.54. The minimum atomic E-state index is -1.10. The normalized spacial score (nSPS) is 11.5. The Labute approximate surface area is 144 Å². The van der Waals surface area contributed by atoms with Gasteiger partial charge in [-0.25, -0.2) is 0 Å². The van der Waals surface area contributed by atoms with E-state index in [4.69, 9.17) is 9.47 Å². The maximum absolute atomic E-state index is 12.2. The van der Waals surface area contributed by atoms with Gasteiger partial charge in [-0.1, -0.05) is 54.6 Å². The number of methoxy groups -OCH3 is 2. The summed E-state index contributed by atoms with van der Waals surface area (Å²) < 4.78 is 9.68. The fraction of sp³-hybridized carbons (Fsp3) is 0.143. The molecule has 0 saturated heterocycles. The maximum Gasteiger partial charge on any atom is 0.324 e. The number of carbonyl (C=O) groups excluding carboxylic acids is 2. The van der Waals surface area contributed by atoms with Crippen LogP contribution in [0.1, 0.15) is 11.5 Å². The monoisotopic (exact) mass is 332 g/mol. The molecule has 4 aromatic carbocycles. The molecule has 0 spiro atoms. The number of ether oxygens (including phenoxy) is 2. The quantitative estimate of drug-likeness (QED) is 0.323. The van der Waals surface area contributed by atoms with E-state index in [-0.39, 0.29) is 0 Å². The molecule has 0 atom stereocenters. The second kappa shape index (κ2) is 5.74. The van der Waals surface area contributed by atoms with Gasteiger partial charge in [0.15, 0.2) is 5.92 Å². The number of benzene rings is 4. The van der Waals surface area contributed by atoms with Crippen LogP contribution in [0.2, 0.25) is 0 Å². The van der Waals surface area contributed by atoms with Crippen molar-refractivity contribution in [2.45, 2.75) is 5.92 Å². The Morgan fingerprint density at radius 2 is 1.24 bits per heavy atom. The van der Waals surface area contributed by atoms with Crippen molar-refractivity contribution in [1.82, 2.24) is 0 Å². The first kappa shape index (κ1) is 15.4. The van der Waals surface area contributed by atoms with Gasteiger partial charge in [0, 0.05) is 0 Å². The van der Waals surface area contributed by atoms with Crippen molar-refractivity contribution in [3.8, 4) is 0 Å². The first-order valence-corrected chi connectivity index (χ1v) is 7.98. The fourth-order valence-electron chi connectivity index (χ4n) is 3.60. The number of hydrogen-bond donors (Lipinski definition) is 0. The van der Waals surface area contributed by atoms with Crippen LogP contribution in [0.15, 0.2) is 54.6 Å². The molecule has 4 heteroatoms. The zero-order valence-electron chi connectivity index (χ0n) is 13.9. The van der Waals surface area contributed by atoms with Crippen molar-refractivity contribution in [2.75, 3.05) is 14.2 Å². The SMILES string of the molecule is COC(=O)C(C(=O)OC)c1ccc2ccc3cccc4ccc1c2c34. The second-order valence-electron chi connectivity index (χ2n) is 5.99. The van der Waals surface area contributed by atoms with Crippen molar-refractivity contribution >= 4 is 44.3 Å². The molecule has 4 nitrogen and oxygen atoms in total. The van der Waals surface area contributed by atoms with Gasteiger partial charge >= 0.3 is 11.9 Å². The zero-order chi connectivity index (χ0) is 17.6. The molecular formula is C21H16O4. The fourth-order valence-corrected chi connectivity index (χ4v) is 3.60. The van der Waals surface area contributed by atoms with E-state index in [0.29, 0.717) is 5.56 Å². The van der Waals surface area contributed by atoms with Gasteiger partial charge in [0.05, 0.1) is 14.2 Å². The van der Waals surface area contributed by atoms with Crippen molar-refractivity contribution in [2.24, 2.45) is 0 Å². The third-order valence-corrected chi connectivity index (χ3v) is 4.75. The molecule has 0 radical (unpaired) electrons. The molecule has 0 aliphatic rings. The topological polar surface area (TPSA) is 52.6 Å². The smallest absolute Gasteiger partial charge is 0.324 e. The van der Waals surface area contributed by atoms with E-state index >= 15 is 0 Å². The highest BCUT2D eigenvalue weighted by atomic mass is 16.5. The summed E-state index contributed by atoms with van der Waals surface area (Å²) >= 11 is 0. The number of hydrogen-bond acceptors (Lipinski definition) is 4. The molecule has 0 aliphatic heterocycles. The van der Waals surface area contributed by atoms with Gasteiger partial charge in [-0.3, -0.25) is 9.59 Å². The first-order valence-electron chi connectivity index (χ1n) is 7.98. The largest absolute Gasteiger partial charge is 0.468 e. The van der Waals surface area contributed by atoms with E-state index in [2.05, 4.69) is 24.3 Å². The van der Waals surface area contributed by atoms with Crippen LogP contribution in [-0.2, 0) is 19.1 Å². The van der Waals surface area contributed by atoms with Crippen molar-refractivity contribution in [1.29, 1.82) is 0 Å². The molecule has 4 aromatic rings. The van der Waals surface area contributed by atoms with Crippen LogP contribution in [0.25, 0.3) is 32.3 Å². The number of rotatable bonds is 3. The zero-order valence-corrected chi connectivity index (χ0v) is 13.9. The van der Waals surface area contributed by atoms with Gasteiger partial charge < -0.3 is 9.47 Å². The van der Waals surface area contributed by atoms with Gasteiger partial charge in [0.25, 0.3) is 0 Å². The average molecular weight is 332 g/mol. The molecule has 0 fully saturated rings. The third kappa shape index (κ3) is 2.22. The molecule has 0 amide bonds. The minimum Gasteiger partial charge on any atom is -0.468 e. The van der Waals surface area contributed by atoms with E-state index in [9.17, 15) is 9.59 Å². The lowest BCUT2D eigenvalue weighted by atomic mass is 9.87. The molecule has 0 N–H and O–H groups in total. The Kier molecular flexibility index (Phi) is 3.53. The predicted octanol–water partition coefficient (Wildman–Crippen LogP) is 4.01. The number of esters is 2. The van der Waals surface area contributed by atoms with Crippen LogP contribution >= 0.6 is 0 Å². The molecule has 0 heterocycles. The molecule has 0 bridgehead atoms. The molecule has 0 aromatic heterocycles. The van der Waals surface area contributed by atoms with Crippen LogP contribution in [0.4, 0.5) is 0 Å². The van der Waals surface area contributed by atoms with E-state index in [1.165, 1.54) is 14.2 Å². The van der Waals surface area contributed by atoms with Crippen LogP contribution in [0.5, 0.6) is 0 Å². The Morgan fingerprint density at radius 1 is 0.720 bits per heavy atom. The molecule has 0 saturated carbocycles. The Bertz CT molecular complexity index is 1080. The molecule has 0 aliphatic carbocycles. The summed E-state index contributed by atoms with van der Waals surface area (Å²) in [6.07, 6.45) is 0.